The lowest BCUT2D eigenvalue weighted by atomic mass is 10.1. The van der Waals surface area contributed by atoms with E-state index in [1.807, 2.05) is 37.3 Å². The number of hydrogen-bond donors (Lipinski definition) is 1. The van der Waals surface area contributed by atoms with Crippen molar-refractivity contribution < 1.29 is 9.53 Å². The van der Waals surface area contributed by atoms with Gasteiger partial charge in [-0.25, -0.2) is 0 Å². The molecule has 0 unspecified atom stereocenters. The number of nitrogens with one attached hydrogen (secondary N) is 1. The van der Waals surface area contributed by atoms with E-state index in [0.717, 1.165) is 24.1 Å². The first-order valence-corrected chi connectivity index (χ1v) is 8.99. The average Bonchev–Trinajstić information content (AvgIpc) is 3.40. The van der Waals surface area contributed by atoms with Gasteiger partial charge in [0.1, 0.15) is 17.5 Å². The summed E-state index contributed by atoms with van der Waals surface area (Å²) in [6.07, 6.45) is 5.39. The van der Waals surface area contributed by atoms with Crippen molar-refractivity contribution in [3.63, 3.8) is 0 Å². The van der Waals surface area contributed by atoms with E-state index in [1.54, 1.807) is 30.2 Å². The van der Waals surface area contributed by atoms with Crippen LogP contribution in [-0.2, 0) is 7.05 Å². The molecule has 1 atom stereocenters. The minimum atomic E-state index is -0.243. The Labute approximate surface area is 157 Å². The number of aryl methyl sites for hydroxylation is 1. The Bertz CT molecular complexity index is 950. The van der Waals surface area contributed by atoms with E-state index in [0.29, 0.717) is 23.0 Å². The van der Waals surface area contributed by atoms with Crippen LogP contribution in [0.3, 0.4) is 0 Å². The summed E-state index contributed by atoms with van der Waals surface area (Å²) in [7, 11) is 1.80. The Kier molecular flexibility index (Phi) is 4.58. The molecule has 1 aliphatic rings. The second-order valence-electron chi connectivity index (χ2n) is 6.75. The first-order chi connectivity index (χ1) is 13.1. The number of amides is 1. The van der Waals surface area contributed by atoms with E-state index in [9.17, 15) is 4.79 Å². The molecule has 0 aliphatic heterocycles. The molecule has 1 N–H and O–H groups in total. The Balaban J connectivity index is 1.66. The van der Waals surface area contributed by atoms with Gasteiger partial charge in [-0.3, -0.25) is 14.5 Å². The molecule has 0 bridgehead atoms. The molecule has 0 saturated heterocycles. The molecule has 0 radical (unpaired) electrons. The summed E-state index contributed by atoms with van der Waals surface area (Å²) in [5, 5.41) is 11.2. The van der Waals surface area contributed by atoms with Gasteiger partial charge in [0.05, 0.1) is 11.9 Å². The first kappa shape index (κ1) is 17.2. The predicted octanol–water partition coefficient (Wildman–Crippen LogP) is 2.91. The van der Waals surface area contributed by atoms with Gasteiger partial charge in [-0.1, -0.05) is 11.3 Å². The number of rotatable bonds is 6. The smallest absolute Gasteiger partial charge is 0.251 e. The molecule has 1 saturated carbocycles. The highest BCUT2D eigenvalue weighted by atomic mass is 16.5. The van der Waals surface area contributed by atoms with E-state index in [-0.39, 0.29) is 12.0 Å². The van der Waals surface area contributed by atoms with Crippen molar-refractivity contribution in [3.05, 3.63) is 60.0 Å². The van der Waals surface area contributed by atoms with Crippen molar-refractivity contribution in [2.75, 3.05) is 0 Å². The Morgan fingerprint density at radius 1 is 1.30 bits per heavy atom. The number of pyridine rings is 1. The maximum atomic E-state index is 12.4. The topological polar surface area (TPSA) is 81.9 Å². The maximum Gasteiger partial charge on any atom is 0.251 e. The zero-order valence-corrected chi connectivity index (χ0v) is 15.3. The molecule has 7 heteroatoms. The van der Waals surface area contributed by atoms with Crippen molar-refractivity contribution in [3.8, 4) is 17.0 Å². The summed E-state index contributed by atoms with van der Waals surface area (Å²) in [5.74, 6) is 0.559. The molecule has 7 nitrogen and oxygen atoms in total. The number of nitrogens with zero attached hydrogens (tertiary/aromatic N) is 4. The summed E-state index contributed by atoms with van der Waals surface area (Å²) >= 11 is 0. The van der Waals surface area contributed by atoms with Crippen molar-refractivity contribution in [2.45, 2.75) is 31.9 Å². The fourth-order valence-corrected chi connectivity index (χ4v) is 2.81. The van der Waals surface area contributed by atoms with Gasteiger partial charge in [0.2, 0.25) is 0 Å². The summed E-state index contributed by atoms with van der Waals surface area (Å²) in [5.41, 5.74) is 2.80. The molecule has 3 aromatic rings. The molecule has 1 aromatic carbocycles. The van der Waals surface area contributed by atoms with E-state index in [4.69, 9.17) is 4.74 Å². The molecule has 1 fully saturated rings. The quantitative estimate of drug-likeness (QED) is 0.728. The van der Waals surface area contributed by atoms with Crippen LogP contribution in [-0.4, -0.2) is 31.9 Å². The highest BCUT2D eigenvalue weighted by Crippen LogP contribution is 2.33. The maximum absolute atomic E-state index is 12.4. The van der Waals surface area contributed by atoms with Gasteiger partial charge in [0.25, 0.3) is 5.91 Å². The van der Waals surface area contributed by atoms with Gasteiger partial charge in [-0.05, 0) is 50.1 Å². The molecule has 2 aromatic heterocycles. The SMILES string of the molecule is C[C@H](Oc1ccc(C(=O)NC2CC2)cc1-c1cn(C)nn1)c1ccccn1. The Hall–Kier alpha value is -3.22. The molecule has 4 rings (SSSR count). The molecule has 1 aliphatic carbocycles. The zero-order chi connectivity index (χ0) is 18.8. The minimum Gasteiger partial charge on any atom is -0.484 e. The van der Waals surface area contributed by atoms with E-state index in [1.165, 1.54) is 0 Å². The van der Waals surface area contributed by atoms with Crippen molar-refractivity contribution >= 4 is 5.91 Å². The fourth-order valence-electron chi connectivity index (χ4n) is 2.81. The number of benzene rings is 1. The van der Waals surface area contributed by atoms with E-state index in [2.05, 4.69) is 20.6 Å². The molecule has 27 heavy (non-hydrogen) atoms. The number of aromatic nitrogens is 4. The second-order valence-corrected chi connectivity index (χ2v) is 6.75. The van der Waals surface area contributed by atoms with Crippen LogP contribution < -0.4 is 10.1 Å². The fraction of sp³-hybridized carbons (Fsp3) is 0.300. The zero-order valence-electron chi connectivity index (χ0n) is 15.3. The molecule has 0 spiro atoms. The summed E-state index contributed by atoms with van der Waals surface area (Å²) < 4.78 is 7.78. The lowest BCUT2D eigenvalue weighted by Crippen LogP contribution is -2.25. The standard InChI is InChI=1S/C20H21N5O2/c1-13(17-5-3-4-10-21-17)27-19-9-6-14(20(26)22-15-7-8-15)11-16(19)18-12-25(2)24-23-18/h3-6,9-13,15H,7-8H2,1-2H3,(H,22,26)/t13-/m0/s1. The summed E-state index contributed by atoms with van der Waals surface area (Å²) in [4.78, 5) is 16.8. The van der Waals surface area contributed by atoms with Crippen molar-refractivity contribution in [2.24, 2.45) is 7.05 Å². The third-order valence-corrected chi connectivity index (χ3v) is 4.44. The van der Waals surface area contributed by atoms with Gasteiger partial charge in [-0.2, -0.15) is 0 Å². The van der Waals surface area contributed by atoms with Gasteiger partial charge >= 0.3 is 0 Å². The average molecular weight is 363 g/mol. The number of hydrogen-bond acceptors (Lipinski definition) is 5. The normalized spacial score (nSPS) is 14.6. The Morgan fingerprint density at radius 2 is 2.15 bits per heavy atom. The van der Waals surface area contributed by atoms with Crippen LogP contribution in [0.2, 0.25) is 0 Å². The van der Waals surface area contributed by atoms with Gasteiger partial charge in [0.15, 0.2) is 0 Å². The number of carbonyl (C=O) groups excluding carboxylic acids is 1. The summed E-state index contributed by atoms with van der Waals surface area (Å²) in [6, 6.07) is 11.4. The van der Waals surface area contributed by atoms with Crippen LogP contribution >= 0.6 is 0 Å². The second kappa shape index (κ2) is 7.19. The predicted molar refractivity (Wildman–Crippen MR) is 100 cm³/mol. The van der Waals surface area contributed by atoms with Crippen LogP contribution in [0.5, 0.6) is 5.75 Å². The molecule has 1 amide bonds. The monoisotopic (exact) mass is 363 g/mol. The van der Waals surface area contributed by atoms with Crippen LogP contribution in [0.25, 0.3) is 11.3 Å². The molecular formula is C20H21N5O2. The Morgan fingerprint density at radius 3 is 2.81 bits per heavy atom. The lowest BCUT2D eigenvalue weighted by molar-refractivity contribution is 0.0951. The largest absolute Gasteiger partial charge is 0.484 e. The third kappa shape index (κ3) is 3.97. The first-order valence-electron chi connectivity index (χ1n) is 8.99. The number of ether oxygens (including phenoxy) is 1. The van der Waals surface area contributed by atoms with Crippen LogP contribution in [0.15, 0.2) is 48.8 Å². The third-order valence-electron chi connectivity index (χ3n) is 4.44. The van der Waals surface area contributed by atoms with Gasteiger partial charge < -0.3 is 10.1 Å². The highest BCUT2D eigenvalue weighted by molar-refractivity contribution is 5.96. The molecule has 138 valence electrons. The van der Waals surface area contributed by atoms with Crippen LogP contribution in [0.1, 0.15) is 41.9 Å². The van der Waals surface area contributed by atoms with Crippen LogP contribution in [0, 0.1) is 0 Å². The van der Waals surface area contributed by atoms with Crippen molar-refractivity contribution in [1.29, 1.82) is 0 Å². The van der Waals surface area contributed by atoms with Gasteiger partial charge in [-0.15, -0.1) is 5.10 Å². The minimum absolute atomic E-state index is 0.0769. The summed E-state index contributed by atoms with van der Waals surface area (Å²) in [6.45, 7) is 1.94. The molecule has 2 heterocycles. The lowest BCUT2D eigenvalue weighted by Gasteiger charge is -2.17. The van der Waals surface area contributed by atoms with E-state index < -0.39 is 0 Å². The molecular weight excluding hydrogens is 342 g/mol. The highest BCUT2D eigenvalue weighted by Gasteiger charge is 2.24. The van der Waals surface area contributed by atoms with Gasteiger partial charge in [0, 0.05) is 30.4 Å². The number of carbonyl (C=O) groups is 1. The van der Waals surface area contributed by atoms with Crippen LogP contribution in [0.4, 0.5) is 0 Å². The van der Waals surface area contributed by atoms with E-state index >= 15 is 0 Å². The van der Waals surface area contributed by atoms with Crippen molar-refractivity contribution in [1.82, 2.24) is 25.3 Å².